The summed E-state index contributed by atoms with van der Waals surface area (Å²) < 4.78 is 36.0. The number of halogens is 3. The van der Waals surface area contributed by atoms with Crippen molar-refractivity contribution >= 4 is 5.91 Å². The van der Waals surface area contributed by atoms with Gasteiger partial charge in [-0.3, -0.25) is 9.69 Å². The maximum absolute atomic E-state index is 12.0. The Bertz CT molecular complexity index is 284. The number of alkyl halides is 3. The second-order valence-electron chi connectivity index (χ2n) is 4.90. The SMILES string of the molecule is CNCCC1CCCCN1CC(=O)NCC(F)(F)F. The lowest BCUT2D eigenvalue weighted by Gasteiger charge is -2.35. The number of rotatable bonds is 6. The van der Waals surface area contributed by atoms with Crippen molar-refractivity contribution in [1.82, 2.24) is 15.5 Å². The number of carbonyl (C=O) groups excluding carboxylic acids is 1. The molecule has 1 fully saturated rings. The van der Waals surface area contributed by atoms with Crippen LogP contribution in [0.5, 0.6) is 0 Å². The fourth-order valence-electron chi connectivity index (χ4n) is 2.35. The molecule has 1 saturated heterocycles. The van der Waals surface area contributed by atoms with Crippen molar-refractivity contribution in [3.8, 4) is 0 Å². The lowest BCUT2D eigenvalue weighted by atomic mass is 9.99. The summed E-state index contributed by atoms with van der Waals surface area (Å²) in [7, 11) is 1.86. The Labute approximate surface area is 111 Å². The second-order valence-corrected chi connectivity index (χ2v) is 4.90. The van der Waals surface area contributed by atoms with E-state index < -0.39 is 18.6 Å². The Morgan fingerprint density at radius 2 is 2.11 bits per heavy atom. The van der Waals surface area contributed by atoms with E-state index in [4.69, 9.17) is 0 Å². The first-order chi connectivity index (χ1) is 8.92. The molecule has 7 heteroatoms. The van der Waals surface area contributed by atoms with E-state index in [0.717, 1.165) is 38.8 Å². The minimum absolute atomic E-state index is 0.0600. The molecular weight excluding hydrogens is 259 g/mol. The van der Waals surface area contributed by atoms with Crippen molar-refractivity contribution in [2.45, 2.75) is 37.9 Å². The predicted molar refractivity (Wildman–Crippen MR) is 66.8 cm³/mol. The van der Waals surface area contributed by atoms with E-state index in [-0.39, 0.29) is 12.6 Å². The van der Waals surface area contributed by atoms with Crippen LogP contribution in [0.15, 0.2) is 0 Å². The molecule has 4 nitrogen and oxygen atoms in total. The van der Waals surface area contributed by atoms with Gasteiger partial charge in [0.05, 0.1) is 6.54 Å². The van der Waals surface area contributed by atoms with Crippen LogP contribution in [-0.2, 0) is 4.79 Å². The smallest absolute Gasteiger partial charge is 0.346 e. The summed E-state index contributed by atoms with van der Waals surface area (Å²) in [5.41, 5.74) is 0. The molecule has 1 unspecified atom stereocenters. The molecule has 0 aromatic rings. The molecule has 1 amide bonds. The van der Waals surface area contributed by atoms with Crippen LogP contribution >= 0.6 is 0 Å². The van der Waals surface area contributed by atoms with Crippen molar-refractivity contribution < 1.29 is 18.0 Å². The number of nitrogens with zero attached hydrogens (tertiary/aromatic N) is 1. The zero-order valence-electron chi connectivity index (χ0n) is 11.2. The number of hydrogen-bond donors (Lipinski definition) is 2. The van der Waals surface area contributed by atoms with E-state index in [0.29, 0.717) is 0 Å². The highest BCUT2D eigenvalue weighted by Crippen LogP contribution is 2.19. The molecular formula is C12H22F3N3O. The van der Waals surface area contributed by atoms with Gasteiger partial charge in [-0.05, 0) is 39.4 Å². The predicted octanol–water partition coefficient (Wildman–Crippen LogP) is 1.13. The summed E-state index contributed by atoms with van der Waals surface area (Å²) in [6, 6.07) is 0.290. The molecule has 0 bridgehead atoms. The minimum Gasteiger partial charge on any atom is -0.346 e. The van der Waals surface area contributed by atoms with Gasteiger partial charge in [-0.25, -0.2) is 0 Å². The molecule has 19 heavy (non-hydrogen) atoms. The van der Waals surface area contributed by atoms with Gasteiger partial charge in [-0.15, -0.1) is 0 Å². The number of nitrogens with one attached hydrogen (secondary N) is 2. The standard InChI is InChI=1S/C12H22F3N3O/c1-16-6-5-10-4-2-3-7-18(10)8-11(19)17-9-12(13,14)15/h10,16H,2-9H2,1H3,(H,17,19). The van der Waals surface area contributed by atoms with Crippen molar-refractivity contribution in [1.29, 1.82) is 0 Å². The second kappa shape index (κ2) is 7.69. The molecule has 0 aromatic carbocycles. The normalized spacial score (nSPS) is 21.4. The van der Waals surface area contributed by atoms with Crippen LogP contribution < -0.4 is 10.6 Å². The third-order valence-corrected chi connectivity index (χ3v) is 3.31. The van der Waals surface area contributed by atoms with Gasteiger partial charge < -0.3 is 10.6 Å². The molecule has 0 radical (unpaired) electrons. The van der Waals surface area contributed by atoms with Crippen LogP contribution in [-0.4, -0.2) is 56.3 Å². The average Bonchev–Trinajstić information content (AvgIpc) is 2.34. The van der Waals surface area contributed by atoms with E-state index in [9.17, 15) is 18.0 Å². The third kappa shape index (κ3) is 6.77. The zero-order chi connectivity index (χ0) is 14.3. The van der Waals surface area contributed by atoms with E-state index in [1.54, 1.807) is 0 Å². The van der Waals surface area contributed by atoms with Crippen molar-refractivity contribution in [2.24, 2.45) is 0 Å². The van der Waals surface area contributed by atoms with E-state index in [1.165, 1.54) is 0 Å². The van der Waals surface area contributed by atoms with E-state index in [2.05, 4.69) is 5.32 Å². The summed E-state index contributed by atoms with van der Waals surface area (Å²) in [6.07, 6.45) is -0.294. The molecule has 0 spiro atoms. The Balaban J connectivity index is 2.36. The average molecular weight is 281 g/mol. The number of amides is 1. The van der Waals surface area contributed by atoms with Gasteiger partial charge in [0, 0.05) is 6.04 Å². The molecule has 0 aliphatic carbocycles. The van der Waals surface area contributed by atoms with Crippen molar-refractivity contribution in [3.63, 3.8) is 0 Å². The highest BCUT2D eigenvalue weighted by Gasteiger charge is 2.29. The minimum atomic E-state index is -4.34. The number of piperidine rings is 1. The molecule has 2 N–H and O–H groups in total. The van der Waals surface area contributed by atoms with Crippen LogP contribution in [0.4, 0.5) is 13.2 Å². The molecule has 112 valence electrons. The van der Waals surface area contributed by atoms with Crippen molar-refractivity contribution in [3.05, 3.63) is 0 Å². The molecule has 0 saturated carbocycles. The lowest BCUT2D eigenvalue weighted by Crippen LogP contribution is -2.47. The largest absolute Gasteiger partial charge is 0.405 e. The first-order valence-corrected chi connectivity index (χ1v) is 6.64. The van der Waals surface area contributed by atoms with Gasteiger partial charge in [0.15, 0.2) is 0 Å². The Kier molecular flexibility index (Phi) is 6.57. The molecule has 0 aromatic heterocycles. The molecule has 1 aliphatic heterocycles. The van der Waals surface area contributed by atoms with Crippen molar-refractivity contribution in [2.75, 3.05) is 33.2 Å². The van der Waals surface area contributed by atoms with Gasteiger partial charge >= 0.3 is 6.18 Å². The topological polar surface area (TPSA) is 44.4 Å². The van der Waals surface area contributed by atoms with Crippen LogP contribution in [0.3, 0.4) is 0 Å². The van der Waals surface area contributed by atoms with Crippen LogP contribution in [0.1, 0.15) is 25.7 Å². The number of likely N-dealkylation sites (tertiary alicyclic amines) is 1. The zero-order valence-corrected chi connectivity index (χ0v) is 11.2. The monoisotopic (exact) mass is 281 g/mol. The van der Waals surface area contributed by atoms with Gasteiger partial charge in [0.25, 0.3) is 0 Å². The fraction of sp³-hybridized carbons (Fsp3) is 0.917. The van der Waals surface area contributed by atoms with Gasteiger partial charge in [0.1, 0.15) is 6.54 Å². The molecule has 1 rings (SSSR count). The van der Waals surface area contributed by atoms with Crippen LogP contribution in [0.25, 0.3) is 0 Å². The maximum atomic E-state index is 12.0. The van der Waals surface area contributed by atoms with Gasteiger partial charge in [-0.2, -0.15) is 13.2 Å². The molecule has 1 atom stereocenters. The summed E-state index contributed by atoms with van der Waals surface area (Å²) in [6.45, 7) is 0.449. The lowest BCUT2D eigenvalue weighted by molar-refractivity contribution is -0.139. The highest BCUT2D eigenvalue weighted by atomic mass is 19.4. The van der Waals surface area contributed by atoms with E-state index in [1.807, 2.05) is 17.3 Å². The van der Waals surface area contributed by atoms with E-state index >= 15 is 0 Å². The van der Waals surface area contributed by atoms with Crippen LogP contribution in [0, 0.1) is 0 Å². The van der Waals surface area contributed by atoms with Gasteiger partial charge in [0.2, 0.25) is 5.91 Å². The third-order valence-electron chi connectivity index (χ3n) is 3.31. The van der Waals surface area contributed by atoms with Gasteiger partial charge in [-0.1, -0.05) is 6.42 Å². The molecule has 1 heterocycles. The summed E-state index contributed by atoms with van der Waals surface area (Å²) >= 11 is 0. The summed E-state index contributed by atoms with van der Waals surface area (Å²) in [5, 5.41) is 4.98. The Morgan fingerprint density at radius 3 is 2.74 bits per heavy atom. The first kappa shape index (κ1) is 16.2. The number of hydrogen-bond acceptors (Lipinski definition) is 3. The quantitative estimate of drug-likeness (QED) is 0.767. The fourth-order valence-corrected chi connectivity index (χ4v) is 2.35. The van der Waals surface area contributed by atoms with Crippen LogP contribution in [0.2, 0.25) is 0 Å². The Morgan fingerprint density at radius 1 is 1.37 bits per heavy atom. The summed E-state index contributed by atoms with van der Waals surface area (Å²) in [5.74, 6) is -0.548. The Hall–Kier alpha value is -0.820. The molecule has 1 aliphatic rings. The highest BCUT2D eigenvalue weighted by molar-refractivity contribution is 5.78. The number of carbonyl (C=O) groups is 1. The summed E-state index contributed by atoms with van der Waals surface area (Å²) in [4.78, 5) is 13.5. The maximum Gasteiger partial charge on any atom is 0.405 e. The first-order valence-electron chi connectivity index (χ1n) is 6.64.